The Balaban J connectivity index is 1.55. The summed E-state index contributed by atoms with van der Waals surface area (Å²) in [7, 11) is 0. The van der Waals surface area contributed by atoms with Gasteiger partial charge in [-0.15, -0.1) is 0 Å². The Morgan fingerprint density at radius 1 is 1.12 bits per heavy atom. The summed E-state index contributed by atoms with van der Waals surface area (Å²) in [5, 5.41) is 1.60. The molecule has 1 saturated heterocycles. The molecule has 3 atom stereocenters. The number of carbonyl (C=O) groups is 1. The van der Waals surface area contributed by atoms with Crippen molar-refractivity contribution < 1.29 is 14.4 Å². The lowest BCUT2D eigenvalue weighted by molar-refractivity contribution is -0.181. The largest absolute Gasteiger partial charge is 0.493 e. The molecule has 0 aliphatic carbocycles. The summed E-state index contributed by atoms with van der Waals surface area (Å²) in [6.45, 7) is 3.10. The van der Waals surface area contributed by atoms with Gasteiger partial charge < -0.3 is 4.74 Å². The van der Waals surface area contributed by atoms with E-state index in [0.717, 1.165) is 17.7 Å². The third-order valence-corrected chi connectivity index (χ3v) is 4.84. The van der Waals surface area contributed by atoms with Crippen molar-refractivity contribution >= 4 is 5.91 Å². The van der Waals surface area contributed by atoms with E-state index in [1.807, 2.05) is 49.4 Å². The maximum absolute atomic E-state index is 13.0. The Labute approximate surface area is 141 Å². The van der Waals surface area contributed by atoms with Gasteiger partial charge in [-0.2, -0.15) is 0 Å². The summed E-state index contributed by atoms with van der Waals surface area (Å²) in [6, 6.07) is 18.0. The first-order valence-corrected chi connectivity index (χ1v) is 8.45. The molecule has 0 saturated carbocycles. The van der Waals surface area contributed by atoms with Gasteiger partial charge in [0.15, 0.2) is 0 Å². The SMILES string of the molecule is C[C@@H](Cc1ccccc1)C(=O)N1OC[C@@H]2COc3ccccc3[C@@H]21. The zero-order valence-electron chi connectivity index (χ0n) is 13.7. The number of carbonyl (C=O) groups excluding carboxylic acids is 1. The van der Waals surface area contributed by atoms with E-state index in [1.165, 1.54) is 5.56 Å². The highest BCUT2D eigenvalue weighted by Gasteiger charge is 2.44. The van der Waals surface area contributed by atoms with Crippen LogP contribution in [0.2, 0.25) is 0 Å². The molecule has 4 heteroatoms. The summed E-state index contributed by atoms with van der Waals surface area (Å²) < 4.78 is 5.80. The van der Waals surface area contributed by atoms with Crippen LogP contribution in [0.25, 0.3) is 0 Å². The molecule has 2 aliphatic heterocycles. The second-order valence-electron chi connectivity index (χ2n) is 6.60. The molecule has 4 nitrogen and oxygen atoms in total. The number of para-hydroxylation sites is 1. The molecule has 0 spiro atoms. The number of hydrogen-bond acceptors (Lipinski definition) is 3. The van der Waals surface area contributed by atoms with Crippen molar-refractivity contribution in [2.24, 2.45) is 11.8 Å². The van der Waals surface area contributed by atoms with Gasteiger partial charge in [0, 0.05) is 17.4 Å². The molecule has 0 unspecified atom stereocenters. The Hall–Kier alpha value is -2.33. The molecule has 0 radical (unpaired) electrons. The van der Waals surface area contributed by atoms with Gasteiger partial charge in [-0.1, -0.05) is 55.5 Å². The first-order valence-electron chi connectivity index (χ1n) is 8.45. The molecule has 2 heterocycles. The van der Waals surface area contributed by atoms with Crippen molar-refractivity contribution in [2.75, 3.05) is 13.2 Å². The molecule has 2 aromatic rings. The van der Waals surface area contributed by atoms with Gasteiger partial charge in [0.05, 0.1) is 19.3 Å². The van der Waals surface area contributed by atoms with Gasteiger partial charge >= 0.3 is 0 Å². The Bertz CT molecular complexity index is 731. The van der Waals surface area contributed by atoms with Crippen molar-refractivity contribution in [3.05, 3.63) is 65.7 Å². The van der Waals surface area contributed by atoms with Gasteiger partial charge in [-0.25, -0.2) is 5.06 Å². The zero-order valence-corrected chi connectivity index (χ0v) is 13.7. The second kappa shape index (κ2) is 6.29. The highest BCUT2D eigenvalue weighted by molar-refractivity contribution is 5.78. The molecule has 2 aromatic carbocycles. The topological polar surface area (TPSA) is 38.8 Å². The second-order valence-corrected chi connectivity index (χ2v) is 6.60. The van der Waals surface area contributed by atoms with Crippen molar-refractivity contribution in [1.82, 2.24) is 5.06 Å². The third kappa shape index (κ3) is 2.67. The lowest BCUT2D eigenvalue weighted by Gasteiger charge is -2.32. The van der Waals surface area contributed by atoms with E-state index in [2.05, 4.69) is 12.1 Å². The molecule has 24 heavy (non-hydrogen) atoms. The minimum absolute atomic E-state index is 0.0410. The lowest BCUT2D eigenvalue weighted by Crippen LogP contribution is -2.38. The van der Waals surface area contributed by atoms with Gasteiger partial charge in [0.2, 0.25) is 5.91 Å². The van der Waals surface area contributed by atoms with E-state index in [-0.39, 0.29) is 23.8 Å². The van der Waals surface area contributed by atoms with Crippen LogP contribution in [-0.4, -0.2) is 24.2 Å². The minimum Gasteiger partial charge on any atom is -0.493 e. The maximum atomic E-state index is 13.0. The normalized spacial score (nSPS) is 23.1. The molecular weight excluding hydrogens is 302 g/mol. The first kappa shape index (κ1) is 15.2. The molecule has 0 aromatic heterocycles. The number of hydroxylamine groups is 2. The standard InChI is InChI=1S/C20H21NO3/c1-14(11-15-7-3-2-4-8-15)20(22)21-19-16(13-24-21)12-23-18-10-6-5-9-17(18)19/h2-10,14,16,19H,11-13H2,1H3/t14-,16-,19+/m0/s1. The number of rotatable bonds is 3. The molecule has 1 fully saturated rings. The first-order chi connectivity index (χ1) is 11.7. The Morgan fingerprint density at radius 2 is 1.88 bits per heavy atom. The Morgan fingerprint density at radius 3 is 2.71 bits per heavy atom. The summed E-state index contributed by atoms with van der Waals surface area (Å²) in [4.78, 5) is 18.8. The monoisotopic (exact) mass is 323 g/mol. The number of nitrogens with zero attached hydrogens (tertiary/aromatic N) is 1. The van der Waals surface area contributed by atoms with Gasteiger partial charge in [-0.05, 0) is 18.1 Å². The van der Waals surface area contributed by atoms with Crippen LogP contribution in [0.3, 0.4) is 0 Å². The number of fused-ring (bicyclic) bond motifs is 3. The quantitative estimate of drug-likeness (QED) is 0.869. The van der Waals surface area contributed by atoms with Crippen LogP contribution in [0.1, 0.15) is 24.1 Å². The fourth-order valence-electron chi connectivity index (χ4n) is 3.58. The molecule has 0 N–H and O–H groups in total. The zero-order chi connectivity index (χ0) is 16.5. The van der Waals surface area contributed by atoms with E-state index < -0.39 is 0 Å². The van der Waals surface area contributed by atoms with Gasteiger partial charge in [0.1, 0.15) is 5.75 Å². The van der Waals surface area contributed by atoms with Crippen LogP contribution < -0.4 is 4.74 Å². The van der Waals surface area contributed by atoms with E-state index in [0.29, 0.717) is 13.2 Å². The van der Waals surface area contributed by atoms with Crippen LogP contribution in [-0.2, 0) is 16.1 Å². The van der Waals surface area contributed by atoms with Crippen molar-refractivity contribution in [3.8, 4) is 5.75 Å². The predicted octanol–water partition coefficient (Wildman–Crippen LogP) is 3.39. The smallest absolute Gasteiger partial charge is 0.249 e. The number of ether oxygens (including phenoxy) is 1. The molecule has 1 amide bonds. The van der Waals surface area contributed by atoms with Crippen LogP contribution >= 0.6 is 0 Å². The van der Waals surface area contributed by atoms with E-state index >= 15 is 0 Å². The fourth-order valence-corrected chi connectivity index (χ4v) is 3.58. The molecule has 0 bridgehead atoms. The van der Waals surface area contributed by atoms with Crippen LogP contribution in [0.15, 0.2) is 54.6 Å². The predicted molar refractivity (Wildman–Crippen MR) is 90.3 cm³/mol. The average Bonchev–Trinajstić information content (AvgIpc) is 3.06. The maximum Gasteiger partial charge on any atom is 0.249 e. The minimum atomic E-state index is -0.124. The van der Waals surface area contributed by atoms with E-state index in [4.69, 9.17) is 9.57 Å². The molecule has 124 valence electrons. The molecule has 4 rings (SSSR count). The molecule has 2 aliphatic rings. The van der Waals surface area contributed by atoms with Gasteiger partial charge in [-0.3, -0.25) is 9.63 Å². The summed E-state index contributed by atoms with van der Waals surface area (Å²) >= 11 is 0. The highest BCUT2D eigenvalue weighted by Crippen LogP contribution is 2.43. The number of benzene rings is 2. The third-order valence-electron chi connectivity index (χ3n) is 4.84. The summed E-state index contributed by atoms with van der Waals surface area (Å²) in [5.74, 6) is 0.981. The number of hydrogen-bond donors (Lipinski definition) is 0. The van der Waals surface area contributed by atoms with Crippen molar-refractivity contribution in [2.45, 2.75) is 19.4 Å². The van der Waals surface area contributed by atoms with Gasteiger partial charge in [0.25, 0.3) is 0 Å². The lowest BCUT2D eigenvalue weighted by atomic mass is 9.91. The van der Waals surface area contributed by atoms with Crippen molar-refractivity contribution in [3.63, 3.8) is 0 Å². The Kier molecular flexibility index (Phi) is 3.98. The van der Waals surface area contributed by atoms with E-state index in [9.17, 15) is 4.79 Å². The number of amides is 1. The van der Waals surface area contributed by atoms with Crippen LogP contribution in [0, 0.1) is 11.8 Å². The summed E-state index contributed by atoms with van der Waals surface area (Å²) in [6.07, 6.45) is 0.717. The average molecular weight is 323 g/mol. The summed E-state index contributed by atoms with van der Waals surface area (Å²) in [5.41, 5.74) is 2.22. The van der Waals surface area contributed by atoms with Crippen LogP contribution in [0.5, 0.6) is 5.75 Å². The molecular formula is C20H21NO3. The van der Waals surface area contributed by atoms with E-state index in [1.54, 1.807) is 5.06 Å². The van der Waals surface area contributed by atoms with Crippen molar-refractivity contribution in [1.29, 1.82) is 0 Å². The fraction of sp³-hybridized carbons (Fsp3) is 0.350. The van der Waals surface area contributed by atoms with Crippen LogP contribution in [0.4, 0.5) is 0 Å². The highest BCUT2D eigenvalue weighted by atomic mass is 16.7.